The van der Waals surface area contributed by atoms with E-state index in [1.807, 2.05) is 6.92 Å². The average Bonchev–Trinajstić information content (AvgIpc) is 2.72. The predicted octanol–water partition coefficient (Wildman–Crippen LogP) is 0.825. The van der Waals surface area contributed by atoms with Crippen molar-refractivity contribution >= 4 is 32.2 Å². The van der Waals surface area contributed by atoms with E-state index in [1.54, 1.807) is 6.20 Å². The first-order chi connectivity index (χ1) is 7.46. The van der Waals surface area contributed by atoms with Crippen LogP contribution in [0.15, 0.2) is 6.20 Å². The number of thiazole rings is 1. The molecular weight excluding hydrogens is 248 g/mol. The summed E-state index contributed by atoms with van der Waals surface area (Å²) < 4.78 is 22.4. The minimum Gasteiger partial charge on any atom is -0.302 e. The average molecular weight is 260 g/mol. The first-order valence-corrected chi connectivity index (χ1v) is 7.54. The van der Waals surface area contributed by atoms with Crippen molar-refractivity contribution in [2.75, 3.05) is 16.8 Å². The van der Waals surface area contributed by atoms with Gasteiger partial charge in [0.05, 0.1) is 17.4 Å². The lowest BCUT2D eigenvalue weighted by Crippen LogP contribution is -2.23. The molecule has 16 heavy (non-hydrogen) atoms. The molecule has 7 heteroatoms. The van der Waals surface area contributed by atoms with Gasteiger partial charge in [0.25, 0.3) is 0 Å². The lowest BCUT2D eigenvalue weighted by molar-refractivity contribution is -0.119. The predicted molar refractivity (Wildman–Crippen MR) is 62.2 cm³/mol. The summed E-state index contributed by atoms with van der Waals surface area (Å²) in [6.07, 6.45) is 2.09. The van der Waals surface area contributed by atoms with Crippen molar-refractivity contribution in [2.24, 2.45) is 5.92 Å². The Labute approximate surface area is 97.8 Å². The molecule has 1 N–H and O–H groups in total. The number of nitrogens with one attached hydrogen (secondary N) is 1. The van der Waals surface area contributed by atoms with Crippen LogP contribution in [0.4, 0.5) is 5.13 Å². The second-order valence-corrected chi connectivity index (χ2v) is 7.33. The van der Waals surface area contributed by atoms with E-state index in [0.717, 1.165) is 4.88 Å². The number of amides is 1. The molecule has 1 aromatic heterocycles. The van der Waals surface area contributed by atoms with Gasteiger partial charge in [-0.25, -0.2) is 13.4 Å². The number of aryl methyl sites for hydroxylation is 1. The van der Waals surface area contributed by atoms with Gasteiger partial charge in [0.15, 0.2) is 15.0 Å². The van der Waals surface area contributed by atoms with Crippen molar-refractivity contribution in [3.63, 3.8) is 0 Å². The van der Waals surface area contributed by atoms with E-state index in [4.69, 9.17) is 0 Å². The number of rotatable bonds is 2. The number of hydrogen-bond donors (Lipinski definition) is 1. The smallest absolute Gasteiger partial charge is 0.230 e. The highest BCUT2D eigenvalue weighted by Crippen LogP contribution is 2.22. The number of sulfone groups is 1. The topological polar surface area (TPSA) is 76.1 Å². The first kappa shape index (κ1) is 11.5. The van der Waals surface area contributed by atoms with Gasteiger partial charge in [0.2, 0.25) is 5.91 Å². The zero-order chi connectivity index (χ0) is 11.8. The standard InChI is InChI=1S/C9H12N2O3S2/c1-6-4-10-9(15-6)11-8(12)7-2-3-16(13,14)5-7/h4,7H,2-3,5H2,1H3,(H,10,11,12)/t7-/m1/s1. The minimum atomic E-state index is -3.01. The molecule has 0 bridgehead atoms. The Kier molecular flexibility index (Phi) is 2.98. The van der Waals surface area contributed by atoms with E-state index in [0.29, 0.717) is 11.6 Å². The molecular formula is C9H12N2O3S2. The zero-order valence-corrected chi connectivity index (χ0v) is 10.4. The summed E-state index contributed by atoms with van der Waals surface area (Å²) in [5.74, 6) is -0.588. The van der Waals surface area contributed by atoms with Crippen molar-refractivity contribution in [1.29, 1.82) is 0 Å². The van der Waals surface area contributed by atoms with Crippen LogP contribution in [-0.2, 0) is 14.6 Å². The summed E-state index contributed by atoms with van der Waals surface area (Å²) in [6.45, 7) is 1.90. The Morgan fingerprint density at radius 3 is 2.88 bits per heavy atom. The molecule has 1 aromatic rings. The highest BCUT2D eigenvalue weighted by atomic mass is 32.2. The van der Waals surface area contributed by atoms with Crippen LogP contribution in [0, 0.1) is 12.8 Å². The Morgan fingerprint density at radius 2 is 2.38 bits per heavy atom. The molecule has 1 fully saturated rings. The lowest BCUT2D eigenvalue weighted by Gasteiger charge is -2.06. The van der Waals surface area contributed by atoms with Crippen molar-refractivity contribution in [2.45, 2.75) is 13.3 Å². The maximum atomic E-state index is 11.7. The van der Waals surface area contributed by atoms with Crippen LogP contribution in [-0.4, -0.2) is 30.8 Å². The van der Waals surface area contributed by atoms with Gasteiger partial charge >= 0.3 is 0 Å². The van der Waals surface area contributed by atoms with Crippen LogP contribution in [0.5, 0.6) is 0 Å². The molecule has 0 spiro atoms. The minimum absolute atomic E-state index is 0.0385. The molecule has 0 saturated carbocycles. The molecule has 1 aliphatic heterocycles. The quantitative estimate of drug-likeness (QED) is 0.854. The maximum Gasteiger partial charge on any atom is 0.230 e. The van der Waals surface area contributed by atoms with E-state index in [-0.39, 0.29) is 17.4 Å². The Morgan fingerprint density at radius 1 is 1.62 bits per heavy atom. The molecule has 2 rings (SSSR count). The number of hydrogen-bond acceptors (Lipinski definition) is 5. The molecule has 1 saturated heterocycles. The summed E-state index contributed by atoms with van der Waals surface area (Å²) in [7, 11) is -3.01. The van der Waals surface area contributed by atoms with Gasteiger partial charge in [-0.2, -0.15) is 0 Å². The molecule has 0 radical (unpaired) electrons. The SMILES string of the molecule is Cc1cnc(NC(=O)[C@@H]2CCS(=O)(=O)C2)s1. The van der Waals surface area contributed by atoms with E-state index in [2.05, 4.69) is 10.3 Å². The molecule has 5 nitrogen and oxygen atoms in total. The van der Waals surface area contributed by atoms with Crippen molar-refractivity contribution in [1.82, 2.24) is 4.98 Å². The van der Waals surface area contributed by atoms with E-state index < -0.39 is 15.8 Å². The normalized spacial score (nSPS) is 23.2. The summed E-state index contributed by atoms with van der Waals surface area (Å²) in [5.41, 5.74) is 0. The number of nitrogens with zero attached hydrogens (tertiary/aromatic N) is 1. The second kappa shape index (κ2) is 4.14. The van der Waals surface area contributed by atoms with E-state index in [1.165, 1.54) is 11.3 Å². The Bertz CT molecular complexity index is 507. The fraction of sp³-hybridized carbons (Fsp3) is 0.556. The molecule has 88 valence electrons. The summed E-state index contributed by atoms with van der Waals surface area (Å²) >= 11 is 1.38. The molecule has 1 aliphatic rings. The van der Waals surface area contributed by atoms with E-state index in [9.17, 15) is 13.2 Å². The molecule has 2 heterocycles. The Balaban J connectivity index is 1.99. The summed E-state index contributed by atoms with van der Waals surface area (Å²) in [6, 6.07) is 0. The monoisotopic (exact) mass is 260 g/mol. The van der Waals surface area contributed by atoms with Crippen molar-refractivity contribution in [3.8, 4) is 0 Å². The van der Waals surface area contributed by atoms with Gasteiger partial charge in [0, 0.05) is 11.1 Å². The highest BCUT2D eigenvalue weighted by molar-refractivity contribution is 7.91. The summed E-state index contributed by atoms with van der Waals surface area (Å²) in [5, 5.41) is 3.18. The van der Waals surface area contributed by atoms with Gasteiger partial charge in [-0.3, -0.25) is 4.79 Å². The van der Waals surface area contributed by atoms with Gasteiger partial charge < -0.3 is 5.32 Å². The third kappa shape index (κ3) is 2.59. The third-order valence-corrected chi connectivity index (χ3v) is 5.05. The number of anilines is 1. The van der Waals surface area contributed by atoms with E-state index >= 15 is 0 Å². The zero-order valence-electron chi connectivity index (χ0n) is 8.76. The largest absolute Gasteiger partial charge is 0.302 e. The fourth-order valence-corrected chi connectivity index (χ4v) is 4.03. The van der Waals surface area contributed by atoms with Gasteiger partial charge in [-0.1, -0.05) is 0 Å². The van der Waals surface area contributed by atoms with Crippen LogP contribution in [0.3, 0.4) is 0 Å². The van der Waals surface area contributed by atoms with Crippen LogP contribution >= 0.6 is 11.3 Å². The van der Waals surface area contributed by atoms with Crippen LogP contribution in [0.1, 0.15) is 11.3 Å². The van der Waals surface area contributed by atoms with Crippen molar-refractivity contribution < 1.29 is 13.2 Å². The highest BCUT2D eigenvalue weighted by Gasteiger charge is 2.33. The molecule has 1 amide bonds. The van der Waals surface area contributed by atoms with Crippen molar-refractivity contribution in [3.05, 3.63) is 11.1 Å². The third-order valence-electron chi connectivity index (χ3n) is 2.45. The molecule has 0 unspecified atom stereocenters. The Hall–Kier alpha value is -0.950. The molecule has 0 aromatic carbocycles. The number of aromatic nitrogens is 1. The van der Waals surface area contributed by atoms with Crippen LogP contribution in [0.25, 0.3) is 0 Å². The van der Waals surface area contributed by atoms with Gasteiger partial charge in [0.1, 0.15) is 0 Å². The van der Waals surface area contributed by atoms with Gasteiger partial charge in [-0.05, 0) is 13.3 Å². The van der Waals surface area contributed by atoms with Crippen LogP contribution in [0.2, 0.25) is 0 Å². The molecule has 1 atom stereocenters. The van der Waals surface area contributed by atoms with Gasteiger partial charge in [-0.15, -0.1) is 11.3 Å². The molecule has 0 aliphatic carbocycles. The van der Waals surface area contributed by atoms with Crippen LogP contribution < -0.4 is 5.32 Å². The number of carbonyl (C=O) groups is 1. The maximum absolute atomic E-state index is 11.7. The summed E-state index contributed by atoms with van der Waals surface area (Å²) in [4.78, 5) is 16.7. The number of carbonyl (C=O) groups excluding carboxylic acids is 1. The fourth-order valence-electron chi connectivity index (χ4n) is 1.62. The first-order valence-electron chi connectivity index (χ1n) is 4.90. The lowest BCUT2D eigenvalue weighted by atomic mass is 10.1. The second-order valence-electron chi connectivity index (χ2n) is 3.87.